The van der Waals surface area contributed by atoms with Crippen LogP contribution in [0, 0.1) is 5.82 Å². The van der Waals surface area contributed by atoms with E-state index in [4.69, 9.17) is 11.6 Å². The van der Waals surface area contributed by atoms with Crippen LogP contribution in [-0.2, 0) is 16.4 Å². The molecule has 1 amide bonds. The summed E-state index contributed by atoms with van der Waals surface area (Å²) in [7, 11) is -3.79. The van der Waals surface area contributed by atoms with E-state index in [-0.39, 0.29) is 16.6 Å². The van der Waals surface area contributed by atoms with Crippen molar-refractivity contribution in [2.75, 3.05) is 11.3 Å². The third-order valence-corrected chi connectivity index (χ3v) is 5.76. The summed E-state index contributed by atoms with van der Waals surface area (Å²) in [6.45, 7) is 0.334. The lowest BCUT2D eigenvalue weighted by molar-refractivity contribution is 0.0954. The SMILES string of the molecule is O=C(NCCc1cccc(F)c1)c1ccc(S(=O)(=O)Nc2ccc(Cl)cc2)cc1. The first kappa shape index (κ1) is 20.8. The fourth-order valence-electron chi connectivity index (χ4n) is 2.63. The molecule has 0 aliphatic heterocycles. The summed E-state index contributed by atoms with van der Waals surface area (Å²) in [6, 6.07) is 18.0. The van der Waals surface area contributed by atoms with Gasteiger partial charge in [0, 0.05) is 22.8 Å². The zero-order chi connectivity index (χ0) is 20.9. The molecule has 0 aromatic heterocycles. The van der Waals surface area contributed by atoms with Gasteiger partial charge in [0.15, 0.2) is 0 Å². The van der Waals surface area contributed by atoms with Crippen LogP contribution in [0.1, 0.15) is 15.9 Å². The van der Waals surface area contributed by atoms with Crippen molar-refractivity contribution in [2.45, 2.75) is 11.3 Å². The molecule has 0 spiro atoms. The molecular formula is C21H18ClFN2O3S. The van der Waals surface area contributed by atoms with Crippen molar-refractivity contribution in [1.82, 2.24) is 5.32 Å². The van der Waals surface area contributed by atoms with Crippen LogP contribution in [0.4, 0.5) is 10.1 Å². The van der Waals surface area contributed by atoms with E-state index in [9.17, 15) is 17.6 Å². The Balaban J connectivity index is 1.59. The van der Waals surface area contributed by atoms with Crippen LogP contribution in [0.15, 0.2) is 77.7 Å². The summed E-state index contributed by atoms with van der Waals surface area (Å²) in [5, 5.41) is 3.23. The number of carbonyl (C=O) groups excluding carboxylic acids is 1. The Labute approximate surface area is 173 Å². The predicted molar refractivity (Wildman–Crippen MR) is 111 cm³/mol. The smallest absolute Gasteiger partial charge is 0.261 e. The molecule has 3 aromatic carbocycles. The lowest BCUT2D eigenvalue weighted by Crippen LogP contribution is -2.25. The lowest BCUT2D eigenvalue weighted by Gasteiger charge is -2.09. The average molecular weight is 433 g/mol. The molecule has 3 rings (SSSR count). The van der Waals surface area contributed by atoms with Crippen molar-refractivity contribution < 1.29 is 17.6 Å². The van der Waals surface area contributed by atoms with Gasteiger partial charge in [-0.25, -0.2) is 12.8 Å². The minimum atomic E-state index is -3.79. The van der Waals surface area contributed by atoms with Crippen molar-refractivity contribution in [3.05, 3.63) is 94.8 Å². The van der Waals surface area contributed by atoms with Crippen LogP contribution in [0.3, 0.4) is 0 Å². The number of amides is 1. The molecule has 8 heteroatoms. The van der Waals surface area contributed by atoms with Gasteiger partial charge >= 0.3 is 0 Å². The molecular weight excluding hydrogens is 415 g/mol. The second-order valence-electron chi connectivity index (χ2n) is 6.27. The van der Waals surface area contributed by atoms with Gasteiger partial charge in [-0.15, -0.1) is 0 Å². The summed E-state index contributed by atoms with van der Waals surface area (Å²) in [5.74, 6) is -0.658. The van der Waals surface area contributed by atoms with Gasteiger partial charge in [-0.3, -0.25) is 9.52 Å². The molecule has 0 bridgehead atoms. The van der Waals surface area contributed by atoms with Crippen LogP contribution in [0.5, 0.6) is 0 Å². The van der Waals surface area contributed by atoms with Crippen molar-refractivity contribution in [2.24, 2.45) is 0 Å². The van der Waals surface area contributed by atoms with Gasteiger partial charge in [0.05, 0.1) is 4.90 Å². The number of sulfonamides is 1. The quantitative estimate of drug-likeness (QED) is 0.586. The molecule has 0 unspecified atom stereocenters. The van der Waals surface area contributed by atoms with Gasteiger partial charge in [-0.05, 0) is 72.6 Å². The van der Waals surface area contributed by atoms with Gasteiger partial charge in [0.2, 0.25) is 0 Å². The highest BCUT2D eigenvalue weighted by atomic mass is 35.5. The van der Waals surface area contributed by atoms with E-state index < -0.39 is 10.0 Å². The van der Waals surface area contributed by atoms with Crippen LogP contribution >= 0.6 is 11.6 Å². The Hall–Kier alpha value is -2.90. The molecule has 150 valence electrons. The van der Waals surface area contributed by atoms with Gasteiger partial charge in [0.25, 0.3) is 15.9 Å². The van der Waals surface area contributed by atoms with Crippen molar-refractivity contribution in [3.8, 4) is 0 Å². The summed E-state index contributed by atoms with van der Waals surface area (Å²) in [4.78, 5) is 12.3. The fourth-order valence-corrected chi connectivity index (χ4v) is 3.82. The second-order valence-corrected chi connectivity index (χ2v) is 8.39. The summed E-state index contributed by atoms with van der Waals surface area (Å²) in [5.41, 5.74) is 1.49. The van der Waals surface area contributed by atoms with E-state index in [2.05, 4.69) is 10.0 Å². The number of nitrogens with one attached hydrogen (secondary N) is 2. The number of hydrogen-bond acceptors (Lipinski definition) is 3. The zero-order valence-corrected chi connectivity index (χ0v) is 16.8. The predicted octanol–water partition coefficient (Wildman–Crippen LogP) is 4.25. The minimum absolute atomic E-state index is 0.0313. The Morgan fingerprint density at radius 1 is 0.966 bits per heavy atom. The van der Waals surface area contributed by atoms with Crippen LogP contribution in [0.25, 0.3) is 0 Å². The molecule has 29 heavy (non-hydrogen) atoms. The topological polar surface area (TPSA) is 75.3 Å². The monoisotopic (exact) mass is 432 g/mol. The van der Waals surface area contributed by atoms with Crippen LogP contribution < -0.4 is 10.0 Å². The van der Waals surface area contributed by atoms with E-state index in [0.29, 0.717) is 29.2 Å². The molecule has 5 nitrogen and oxygen atoms in total. The fraction of sp³-hybridized carbons (Fsp3) is 0.0952. The van der Waals surface area contributed by atoms with E-state index in [1.165, 1.54) is 36.4 Å². The highest BCUT2D eigenvalue weighted by molar-refractivity contribution is 7.92. The Bertz CT molecular complexity index is 1100. The molecule has 0 heterocycles. The van der Waals surface area contributed by atoms with Crippen molar-refractivity contribution in [3.63, 3.8) is 0 Å². The molecule has 2 N–H and O–H groups in total. The zero-order valence-electron chi connectivity index (χ0n) is 15.2. The maximum absolute atomic E-state index is 13.2. The standard InChI is InChI=1S/C21H18ClFN2O3S/c22-17-6-8-19(9-7-17)25-29(27,28)20-10-4-16(5-11-20)21(26)24-13-12-15-2-1-3-18(23)14-15/h1-11,14,25H,12-13H2,(H,24,26). The van der Waals surface area contributed by atoms with E-state index in [1.807, 2.05) is 0 Å². The van der Waals surface area contributed by atoms with Crippen LogP contribution in [0.2, 0.25) is 5.02 Å². The molecule has 0 aliphatic rings. The lowest BCUT2D eigenvalue weighted by atomic mass is 10.1. The Kier molecular flexibility index (Phi) is 6.51. The first-order valence-corrected chi connectivity index (χ1v) is 10.6. The maximum atomic E-state index is 13.2. The van der Waals surface area contributed by atoms with Crippen LogP contribution in [-0.4, -0.2) is 20.9 Å². The molecule has 0 saturated heterocycles. The largest absolute Gasteiger partial charge is 0.352 e. The second kappa shape index (κ2) is 9.07. The highest BCUT2D eigenvalue weighted by Crippen LogP contribution is 2.19. The van der Waals surface area contributed by atoms with E-state index in [0.717, 1.165) is 5.56 Å². The molecule has 0 radical (unpaired) electrons. The molecule has 0 atom stereocenters. The summed E-state index contributed by atoms with van der Waals surface area (Å²) in [6.07, 6.45) is 0.487. The Morgan fingerprint density at radius 3 is 2.31 bits per heavy atom. The third-order valence-electron chi connectivity index (χ3n) is 4.11. The average Bonchev–Trinajstić information content (AvgIpc) is 2.70. The normalized spacial score (nSPS) is 11.1. The van der Waals surface area contributed by atoms with Crippen molar-refractivity contribution >= 4 is 33.2 Å². The third kappa shape index (κ3) is 5.79. The maximum Gasteiger partial charge on any atom is 0.261 e. The first-order valence-electron chi connectivity index (χ1n) is 8.74. The number of halogens is 2. The Morgan fingerprint density at radius 2 is 1.66 bits per heavy atom. The summed E-state index contributed by atoms with van der Waals surface area (Å²) >= 11 is 5.79. The molecule has 0 fully saturated rings. The molecule has 0 aliphatic carbocycles. The van der Waals surface area contributed by atoms with E-state index >= 15 is 0 Å². The number of benzene rings is 3. The van der Waals surface area contributed by atoms with Crippen molar-refractivity contribution in [1.29, 1.82) is 0 Å². The van der Waals surface area contributed by atoms with E-state index in [1.54, 1.807) is 36.4 Å². The van der Waals surface area contributed by atoms with Gasteiger partial charge < -0.3 is 5.32 Å². The number of hydrogen-bond donors (Lipinski definition) is 2. The number of rotatable bonds is 7. The minimum Gasteiger partial charge on any atom is -0.352 e. The summed E-state index contributed by atoms with van der Waals surface area (Å²) < 4.78 is 40.5. The van der Waals surface area contributed by atoms with Gasteiger partial charge in [-0.1, -0.05) is 23.7 Å². The highest BCUT2D eigenvalue weighted by Gasteiger charge is 2.15. The molecule has 0 saturated carbocycles. The number of anilines is 1. The van der Waals surface area contributed by atoms with Gasteiger partial charge in [-0.2, -0.15) is 0 Å². The molecule has 3 aromatic rings. The first-order chi connectivity index (χ1) is 13.8. The number of carbonyl (C=O) groups is 1. The van der Waals surface area contributed by atoms with Gasteiger partial charge in [0.1, 0.15) is 5.82 Å².